The molecule has 4 nitrogen and oxygen atoms in total. The number of phenols is 1. The number of nitrogens with zero attached hydrogens (tertiary/aromatic N) is 3. The summed E-state index contributed by atoms with van der Waals surface area (Å²) in [5.41, 5.74) is 11.9. The largest absolute Gasteiger partial charge is 0.507 e. The average Bonchev–Trinajstić information content (AvgIpc) is 3.63. The van der Waals surface area contributed by atoms with Crippen molar-refractivity contribution in [1.82, 2.24) is 14.5 Å². The molecule has 0 unspecified atom stereocenters. The van der Waals surface area contributed by atoms with E-state index in [0.29, 0.717) is 22.6 Å². The fourth-order valence-corrected chi connectivity index (χ4v) is 7.49. The number of hydrogen-bond acceptors (Lipinski definition) is 3. The second-order valence-electron chi connectivity index (χ2n) is 18.3. The summed E-state index contributed by atoms with van der Waals surface area (Å²) in [5.74, 6) is 0.748. The Balaban J connectivity index is 1.42. The number of fused-ring (bicyclic) bond motifs is 1. The van der Waals surface area contributed by atoms with Crippen LogP contribution in [-0.2, 0) is 16.2 Å². The van der Waals surface area contributed by atoms with E-state index in [1.165, 1.54) is 5.56 Å². The van der Waals surface area contributed by atoms with Crippen molar-refractivity contribution in [3.63, 3.8) is 0 Å². The zero-order chi connectivity index (χ0) is 45.3. The molecule has 0 spiro atoms. The lowest BCUT2D eigenvalue weighted by Crippen LogP contribution is -2.12. The number of rotatable bonds is 6. The molecule has 0 aliphatic rings. The Morgan fingerprint density at radius 1 is 0.517 bits per heavy atom. The molecule has 8 rings (SSSR count). The van der Waals surface area contributed by atoms with Crippen molar-refractivity contribution < 1.29 is 12.0 Å². The molecule has 2 aromatic heterocycles. The number of imidazole rings is 1. The third-order valence-corrected chi connectivity index (χ3v) is 10.9. The summed E-state index contributed by atoms with van der Waals surface area (Å²) in [4.78, 5) is 10.3. The van der Waals surface area contributed by atoms with Crippen molar-refractivity contribution in [2.75, 3.05) is 0 Å². The van der Waals surface area contributed by atoms with Gasteiger partial charge in [-0.25, -0.2) is 4.98 Å². The van der Waals surface area contributed by atoms with Crippen molar-refractivity contribution in [3.05, 3.63) is 168 Å². The van der Waals surface area contributed by atoms with Gasteiger partial charge in [-0.05, 0) is 110 Å². The number of aromatic hydroxyl groups is 1. The molecule has 4 heteroatoms. The van der Waals surface area contributed by atoms with Gasteiger partial charge in [-0.3, -0.25) is 9.55 Å². The molecule has 290 valence electrons. The Labute approximate surface area is 351 Å². The van der Waals surface area contributed by atoms with E-state index in [9.17, 15) is 5.11 Å². The Bertz CT molecular complexity index is 3050. The first-order valence-corrected chi connectivity index (χ1v) is 19.9. The summed E-state index contributed by atoms with van der Waals surface area (Å²) in [5, 5.41) is 11.7. The van der Waals surface area contributed by atoms with E-state index in [4.69, 9.17) is 16.8 Å². The Morgan fingerprint density at radius 2 is 1.17 bits per heavy atom. The van der Waals surface area contributed by atoms with Crippen LogP contribution in [0.15, 0.2) is 152 Å². The van der Waals surface area contributed by atoms with E-state index >= 15 is 0 Å². The van der Waals surface area contributed by atoms with Crippen molar-refractivity contribution in [3.8, 4) is 67.5 Å². The molecule has 0 saturated carbocycles. The second-order valence-corrected chi connectivity index (χ2v) is 18.3. The predicted octanol–water partition coefficient (Wildman–Crippen LogP) is 14.4. The minimum atomic E-state index is -0.430. The molecule has 8 aromatic rings. The predicted molar refractivity (Wildman–Crippen MR) is 244 cm³/mol. The SMILES string of the molecule is [2H]c1c([2H])c([2H])c(-c2ccnc(-c3cc(-c4cccc5c4nc(-c4cc(C(C)(C)C)ccc4O)n5-c4ccc(C(C)(C)C)cc4-c4ccccc4)cc(C(C)(C)C)c3)c2)c([2H])c1[2H]. The van der Waals surface area contributed by atoms with Gasteiger partial charge in [0.2, 0.25) is 0 Å². The van der Waals surface area contributed by atoms with Crippen LogP contribution < -0.4 is 0 Å². The fourth-order valence-electron chi connectivity index (χ4n) is 7.49. The molecule has 58 heavy (non-hydrogen) atoms. The topological polar surface area (TPSA) is 50.9 Å². The van der Waals surface area contributed by atoms with E-state index in [1.54, 1.807) is 24.4 Å². The van der Waals surface area contributed by atoms with Gasteiger partial charge >= 0.3 is 0 Å². The quantitative estimate of drug-likeness (QED) is 0.183. The lowest BCUT2D eigenvalue weighted by atomic mass is 9.83. The van der Waals surface area contributed by atoms with Gasteiger partial charge in [0.1, 0.15) is 11.6 Å². The normalized spacial score (nSPS) is 13.5. The molecule has 1 N–H and O–H groups in total. The average molecular weight is 765 g/mol. The number of para-hydroxylation sites is 1. The molecule has 0 atom stereocenters. The molecular weight excluding hydrogens is 707 g/mol. The third-order valence-electron chi connectivity index (χ3n) is 10.9. The molecular formula is C54H53N3O. The molecule has 0 saturated heterocycles. The van der Waals surface area contributed by atoms with Gasteiger partial charge in [-0.2, -0.15) is 0 Å². The van der Waals surface area contributed by atoms with Crippen LogP contribution in [0.2, 0.25) is 0 Å². The lowest BCUT2D eigenvalue weighted by Gasteiger charge is -2.23. The standard InChI is InChI=1S/C54H53N3O/c1-52(2,3)40-23-25-47(44(33-40)36-19-14-11-15-20-36)57-48-22-16-21-43(50(48)56-51(57)45-34-41(53(4,5)6)24-26-49(45)58)38-29-39(31-42(30-38)54(7,8)9)46-32-37(27-28-55-46)35-17-12-10-13-18-35/h10-34,58H,1-9H3/i10D,12D,13D,17D,18D. The van der Waals surface area contributed by atoms with Crippen LogP contribution in [0.3, 0.4) is 0 Å². The highest BCUT2D eigenvalue weighted by Gasteiger charge is 2.26. The summed E-state index contributed by atoms with van der Waals surface area (Å²) in [6.07, 6.45) is 1.62. The van der Waals surface area contributed by atoms with Gasteiger partial charge in [0.15, 0.2) is 0 Å². The number of benzene rings is 6. The first kappa shape index (κ1) is 32.8. The zero-order valence-electron chi connectivity index (χ0n) is 39.8. The number of aromatic nitrogens is 3. The highest BCUT2D eigenvalue weighted by atomic mass is 16.3. The molecule has 0 aliphatic carbocycles. The summed E-state index contributed by atoms with van der Waals surface area (Å²) < 4.78 is 44.3. The minimum Gasteiger partial charge on any atom is -0.507 e. The first-order chi connectivity index (χ1) is 29.6. The highest BCUT2D eigenvalue weighted by Crippen LogP contribution is 2.43. The molecule has 0 aliphatic heterocycles. The van der Waals surface area contributed by atoms with Gasteiger partial charge in [0.05, 0.1) is 34.8 Å². The molecule has 0 bridgehead atoms. The molecule has 0 amide bonds. The van der Waals surface area contributed by atoms with Crippen molar-refractivity contribution in [2.24, 2.45) is 0 Å². The second kappa shape index (κ2) is 14.6. The van der Waals surface area contributed by atoms with Crippen LogP contribution in [-0.4, -0.2) is 19.6 Å². The van der Waals surface area contributed by atoms with E-state index in [1.807, 2.05) is 12.1 Å². The maximum Gasteiger partial charge on any atom is 0.149 e. The number of phenolic OH excluding ortho intramolecular Hbond substituents is 1. The summed E-state index contributed by atoms with van der Waals surface area (Å²) in [7, 11) is 0. The van der Waals surface area contributed by atoms with Crippen molar-refractivity contribution in [1.29, 1.82) is 0 Å². The van der Waals surface area contributed by atoms with Crippen molar-refractivity contribution in [2.45, 2.75) is 78.6 Å². The third kappa shape index (κ3) is 7.47. The van der Waals surface area contributed by atoms with E-state index in [0.717, 1.165) is 55.7 Å². The fraction of sp³-hybridized carbons (Fsp3) is 0.222. The van der Waals surface area contributed by atoms with Crippen LogP contribution in [0, 0.1) is 0 Å². The summed E-state index contributed by atoms with van der Waals surface area (Å²) >= 11 is 0. The molecule has 6 aromatic carbocycles. The van der Waals surface area contributed by atoms with Crippen LogP contribution in [0.4, 0.5) is 0 Å². The molecule has 2 heterocycles. The van der Waals surface area contributed by atoms with Crippen LogP contribution in [0.5, 0.6) is 5.75 Å². The van der Waals surface area contributed by atoms with Gasteiger partial charge in [0.25, 0.3) is 0 Å². The highest BCUT2D eigenvalue weighted by molar-refractivity contribution is 5.97. The Kier molecular flexibility index (Phi) is 8.25. The summed E-state index contributed by atoms with van der Waals surface area (Å²) in [6, 6.07) is 37.2. The Hall–Kier alpha value is -6.26. The van der Waals surface area contributed by atoms with Gasteiger partial charge in [0, 0.05) is 22.9 Å². The Morgan fingerprint density at radius 3 is 1.86 bits per heavy atom. The van der Waals surface area contributed by atoms with Gasteiger partial charge in [-0.1, -0.05) is 153 Å². The first-order valence-electron chi connectivity index (χ1n) is 22.4. The van der Waals surface area contributed by atoms with E-state index in [-0.39, 0.29) is 51.7 Å². The number of hydrogen-bond donors (Lipinski definition) is 1. The van der Waals surface area contributed by atoms with Crippen LogP contribution >= 0.6 is 0 Å². The van der Waals surface area contributed by atoms with Crippen LogP contribution in [0.1, 0.15) is 85.9 Å². The monoisotopic (exact) mass is 764 g/mol. The number of pyridine rings is 1. The molecule has 0 radical (unpaired) electrons. The van der Waals surface area contributed by atoms with E-state index < -0.39 is 6.04 Å². The van der Waals surface area contributed by atoms with Crippen LogP contribution in [0.25, 0.3) is 72.7 Å². The smallest absolute Gasteiger partial charge is 0.149 e. The maximum absolute atomic E-state index is 11.7. The minimum absolute atomic E-state index is 0.104. The van der Waals surface area contributed by atoms with Crippen molar-refractivity contribution >= 4 is 11.0 Å². The molecule has 0 fully saturated rings. The summed E-state index contributed by atoms with van der Waals surface area (Å²) in [6.45, 7) is 19.6. The lowest BCUT2D eigenvalue weighted by molar-refractivity contribution is 0.475. The van der Waals surface area contributed by atoms with E-state index in [2.05, 4.69) is 152 Å². The zero-order valence-corrected chi connectivity index (χ0v) is 34.8. The van der Waals surface area contributed by atoms with Gasteiger partial charge in [-0.15, -0.1) is 0 Å². The maximum atomic E-state index is 11.7. The van der Waals surface area contributed by atoms with Gasteiger partial charge < -0.3 is 5.11 Å².